The summed E-state index contributed by atoms with van der Waals surface area (Å²) in [5.41, 5.74) is 10.1. The lowest BCUT2D eigenvalue weighted by Gasteiger charge is -2.32. The predicted molar refractivity (Wildman–Crippen MR) is 343 cm³/mol. The summed E-state index contributed by atoms with van der Waals surface area (Å²) in [6.45, 7) is 8.36. The molecule has 0 N–H and O–H groups in total. The summed E-state index contributed by atoms with van der Waals surface area (Å²) in [5, 5.41) is 10.4. The first-order valence-electron chi connectivity index (χ1n) is 25.3. The minimum atomic E-state index is -0.353. The van der Waals surface area contributed by atoms with E-state index in [1.54, 1.807) is 0 Å². The first-order valence-corrected chi connectivity index (χ1v) is 29.6. The summed E-state index contributed by atoms with van der Waals surface area (Å²) in [4.78, 5) is 0. The maximum Gasteiger partial charge on any atom is 0.494 e. The number of para-hydroxylation sites is 4. The lowest BCUT2D eigenvalue weighted by Crippen LogP contribution is -2.41. The second-order valence-electron chi connectivity index (χ2n) is 20.3. The van der Waals surface area contributed by atoms with Crippen LogP contribution in [0.25, 0.3) is 106 Å². The Morgan fingerprint density at radius 3 is 1.37 bits per heavy atom. The maximum atomic E-state index is 6.27. The molecule has 1 saturated heterocycles. The van der Waals surface area contributed by atoms with Crippen molar-refractivity contribution in [2.24, 2.45) is 0 Å². The number of aromatic nitrogens is 2. The van der Waals surface area contributed by atoms with Crippen LogP contribution in [0.4, 0.5) is 0 Å². The Morgan fingerprint density at radius 1 is 0.382 bits per heavy atom. The Balaban J connectivity index is 0.000000116. The van der Waals surface area contributed by atoms with Gasteiger partial charge in [0.15, 0.2) is 0 Å². The Morgan fingerprint density at radius 2 is 0.816 bits per heavy atom. The molecule has 76 heavy (non-hydrogen) atoms. The molecule has 0 atom stereocenters. The van der Waals surface area contributed by atoms with Crippen LogP contribution in [-0.2, 0) is 9.31 Å². The first-order chi connectivity index (χ1) is 36.9. The van der Waals surface area contributed by atoms with Gasteiger partial charge in [-0.3, -0.25) is 0 Å². The van der Waals surface area contributed by atoms with E-state index >= 15 is 0 Å². The number of thiophene rings is 2. The Hall–Kier alpha value is -6.09. The van der Waals surface area contributed by atoms with Crippen LogP contribution in [0.15, 0.2) is 227 Å². The van der Waals surface area contributed by atoms with E-state index in [2.05, 4.69) is 304 Å². The predicted octanol–water partition coefficient (Wildman–Crippen LogP) is 20.1. The van der Waals surface area contributed by atoms with E-state index in [-0.39, 0.29) is 18.3 Å². The molecule has 0 bridgehead atoms. The average Bonchev–Trinajstić information content (AvgIpc) is 4.26. The fourth-order valence-corrected chi connectivity index (χ4v) is 14.4. The molecule has 0 unspecified atom stereocenters. The second kappa shape index (κ2) is 19.7. The molecule has 10 aromatic carbocycles. The van der Waals surface area contributed by atoms with Gasteiger partial charge in [0.05, 0.1) is 33.3 Å². The third kappa shape index (κ3) is 8.89. The number of hydrogen-bond donors (Lipinski definition) is 0. The Kier molecular flexibility index (Phi) is 12.8. The van der Waals surface area contributed by atoms with Crippen molar-refractivity contribution in [3.8, 4) is 22.5 Å². The van der Waals surface area contributed by atoms with Gasteiger partial charge in [0, 0.05) is 85.8 Å². The van der Waals surface area contributed by atoms with Crippen LogP contribution < -0.4 is 5.46 Å². The smallest absolute Gasteiger partial charge is 0.399 e. The number of halogens is 3. The van der Waals surface area contributed by atoms with E-state index in [4.69, 9.17) is 9.31 Å². The Bertz CT molecular complexity index is 4530. The van der Waals surface area contributed by atoms with E-state index in [1.807, 2.05) is 28.7 Å². The summed E-state index contributed by atoms with van der Waals surface area (Å²) in [5.74, 6) is 0. The molecule has 1 aliphatic heterocycles. The van der Waals surface area contributed by atoms with Gasteiger partial charge in [-0.2, -0.15) is 0 Å². The summed E-state index contributed by atoms with van der Waals surface area (Å²) in [6, 6.07) is 78.3. The van der Waals surface area contributed by atoms with Crippen molar-refractivity contribution in [1.29, 1.82) is 0 Å². The van der Waals surface area contributed by atoms with E-state index < -0.39 is 0 Å². The molecule has 14 aromatic rings. The molecule has 0 aliphatic carbocycles. The zero-order valence-corrected chi connectivity index (χ0v) is 49.0. The van der Waals surface area contributed by atoms with Crippen molar-refractivity contribution in [3.63, 3.8) is 0 Å². The van der Waals surface area contributed by atoms with Gasteiger partial charge in [0.2, 0.25) is 0 Å². The molecule has 1 fully saturated rings. The van der Waals surface area contributed by atoms with Crippen molar-refractivity contribution < 1.29 is 9.31 Å². The first kappa shape index (κ1) is 49.5. The third-order valence-corrected chi connectivity index (χ3v) is 19.0. The number of nitrogens with zero attached hydrogens (tertiary/aromatic N) is 2. The highest BCUT2D eigenvalue weighted by atomic mass is 127. The summed E-state index contributed by atoms with van der Waals surface area (Å²) in [7, 11) is -0.353. The number of benzene rings is 10. The van der Waals surface area contributed by atoms with Crippen molar-refractivity contribution >= 4 is 174 Å². The van der Waals surface area contributed by atoms with Crippen LogP contribution in [0.1, 0.15) is 27.7 Å². The van der Waals surface area contributed by atoms with E-state index in [9.17, 15) is 0 Å². The largest absolute Gasteiger partial charge is 0.494 e. The topological polar surface area (TPSA) is 28.3 Å². The van der Waals surface area contributed by atoms with E-state index in [0.29, 0.717) is 0 Å². The van der Waals surface area contributed by atoms with Crippen LogP contribution >= 0.6 is 77.1 Å². The molecule has 15 rings (SSSR count). The van der Waals surface area contributed by atoms with Gasteiger partial charge in [0.25, 0.3) is 0 Å². The van der Waals surface area contributed by atoms with E-state index in [0.717, 1.165) is 20.1 Å². The molecule has 4 aromatic heterocycles. The van der Waals surface area contributed by atoms with Crippen LogP contribution in [0, 0.1) is 3.57 Å². The summed E-state index contributed by atoms with van der Waals surface area (Å²) >= 11 is 13.2. The van der Waals surface area contributed by atoms with Crippen LogP contribution in [0.5, 0.6) is 0 Å². The highest BCUT2D eigenvalue weighted by molar-refractivity contribution is 14.1. The normalized spacial score (nSPS) is 14.1. The average molecular weight is 1260 g/mol. The summed E-state index contributed by atoms with van der Waals surface area (Å²) < 4.78 is 26.2. The molecule has 0 radical (unpaired) electrons. The number of rotatable bonds is 4. The lowest BCUT2D eigenvalue weighted by molar-refractivity contribution is 0.00578. The molecule has 1 aliphatic rings. The van der Waals surface area contributed by atoms with Crippen LogP contribution in [0.2, 0.25) is 0 Å². The highest BCUT2D eigenvalue weighted by Crippen LogP contribution is 2.42. The Labute approximate surface area is 480 Å². The van der Waals surface area contributed by atoms with Gasteiger partial charge < -0.3 is 18.4 Å². The fourth-order valence-electron chi connectivity index (χ4n) is 10.6. The molecule has 370 valence electrons. The minimum absolute atomic E-state index is 0.343. The van der Waals surface area contributed by atoms with Crippen molar-refractivity contribution in [1.82, 2.24) is 9.13 Å². The molecule has 4 nitrogen and oxygen atoms in total. The van der Waals surface area contributed by atoms with Crippen LogP contribution in [0.3, 0.4) is 0 Å². The molecule has 5 heterocycles. The molecular formula is C66H48BBr2IN2O2S2. The van der Waals surface area contributed by atoms with E-state index in [1.165, 1.54) is 104 Å². The highest BCUT2D eigenvalue weighted by Gasteiger charge is 2.51. The molecule has 0 spiro atoms. The zero-order valence-electron chi connectivity index (χ0n) is 42.0. The zero-order chi connectivity index (χ0) is 51.9. The van der Waals surface area contributed by atoms with Gasteiger partial charge in [-0.25, -0.2) is 0 Å². The SMILES string of the molecule is Brc1ccc2c(c1)sc1ccc(-c3ccc4c(c3)c3ccccc3n4-c3ccccc3)cc12.Brc1ccc2c(c1)sc1ccc(I)cc12.CC1(C)OB(c2ccc3c(c2)c2ccccc2n3-c2ccccc2)OC1(C)C. The molecular weight excluding hydrogens is 1210 g/mol. The molecule has 0 amide bonds. The minimum Gasteiger partial charge on any atom is -0.399 e. The second-order valence-corrected chi connectivity index (χ2v) is 25.6. The van der Waals surface area contributed by atoms with Gasteiger partial charge in [-0.15, -0.1) is 22.7 Å². The van der Waals surface area contributed by atoms with Crippen molar-refractivity contribution in [3.05, 3.63) is 231 Å². The summed E-state index contributed by atoms with van der Waals surface area (Å²) in [6.07, 6.45) is 0. The standard InChI is InChI=1S/C30H18BrNS.C24H24BNO2.C12H6BrIS/c31-21-12-13-24-26-17-20(11-15-29(26)33-30(24)18-21)19-10-14-28-25(16-19)23-8-4-5-9-27(23)32(28)22-6-2-1-3-7-22;1-23(2)24(3,4)28-25(27-23)17-14-15-22-20(16-17)19-12-8-9-13-21(19)26(22)18-10-6-5-7-11-18;13-7-1-3-9-10-6-8(14)2-4-11(10)15-12(9)5-7/h1-18H;5-16H,1-4H3;1-6H. The van der Waals surface area contributed by atoms with Crippen LogP contribution in [-0.4, -0.2) is 27.5 Å². The van der Waals surface area contributed by atoms with Gasteiger partial charge in [-0.1, -0.05) is 141 Å². The number of hydrogen-bond acceptors (Lipinski definition) is 4. The maximum absolute atomic E-state index is 6.27. The van der Waals surface area contributed by atoms with Gasteiger partial charge >= 0.3 is 7.12 Å². The fraction of sp³-hybridized carbons (Fsp3) is 0.0909. The number of fused-ring (bicyclic) bond motifs is 12. The molecule has 10 heteroatoms. The lowest BCUT2D eigenvalue weighted by atomic mass is 9.78. The quantitative estimate of drug-likeness (QED) is 0.130. The van der Waals surface area contributed by atoms with Gasteiger partial charge in [0.1, 0.15) is 0 Å². The van der Waals surface area contributed by atoms with Crippen molar-refractivity contribution in [2.75, 3.05) is 0 Å². The molecule has 0 saturated carbocycles. The van der Waals surface area contributed by atoms with Crippen molar-refractivity contribution in [2.45, 2.75) is 38.9 Å². The van der Waals surface area contributed by atoms with Gasteiger partial charge in [-0.05, 0) is 176 Å². The monoisotopic (exact) mass is 1260 g/mol. The third-order valence-electron chi connectivity index (χ3n) is 15.1.